The molecule has 2 N–H and O–H groups in total. The molecule has 0 amide bonds. The van der Waals surface area contributed by atoms with Crippen LogP contribution < -0.4 is 5.73 Å². The predicted molar refractivity (Wildman–Crippen MR) is 42.6 cm³/mol. The quantitative estimate of drug-likeness (QED) is 0.647. The van der Waals surface area contributed by atoms with Crippen molar-refractivity contribution in [2.75, 3.05) is 6.54 Å². The zero-order valence-electron chi connectivity index (χ0n) is 7.15. The van der Waals surface area contributed by atoms with E-state index in [1.54, 1.807) is 0 Å². The van der Waals surface area contributed by atoms with Gasteiger partial charge in [0.1, 0.15) is 5.67 Å². The Balaban J connectivity index is 3.80. The number of halogens is 1. The van der Waals surface area contributed by atoms with Gasteiger partial charge < -0.3 is 5.73 Å². The molecule has 0 aromatic rings. The Morgan fingerprint density at radius 1 is 1.50 bits per heavy atom. The van der Waals surface area contributed by atoms with Crippen LogP contribution in [0.2, 0.25) is 0 Å². The summed E-state index contributed by atoms with van der Waals surface area (Å²) < 4.78 is 13.4. The number of rotatable bonds is 4. The van der Waals surface area contributed by atoms with Crippen molar-refractivity contribution in [3.8, 4) is 0 Å². The van der Waals surface area contributed by atoms with Crippen LogP contribution in [-0.2, 0) is 0 Å². The zero-order valence-corrected chi connectivity index (χ0v) is 7.15. The monoisotopic (exact) mass is 147 g/mol. The minimum absolute atomic E-state index is 0.154. The molecule has 0 aromatic heterocycles. The third kappa shape index (κ3) is 3.16. The Hall–Kier alpha value is -0.110. The summed E-state index contributed by atoms with van der Waals surface area (Å²) in [6, 6.07) is 0. The molecule has 0 heterocycles. The van der Waals surface area contributed by atoms with Crippen LogP contribution in [0.4, 0.5) is 4.39 Å². The largest absolute Gasteiger partial charge is 0.328 e. The minimum Gasteiger partial charge on any atom is -0.328 e. The van der Waals surface area contributed by atoms with Gasteiger partial charge in [0.15, 0.2) is 0 Å². The van der Waals surface area contributed by atoms with Gasteiger partial charge in [0.25, 0.3) is 0 Å². The second-order valence-corrected chi connectivity index (χ2v) is 3.31. The summed E-state index contributed by atoms with van der Waals surface area (Å²) >= 11 is 0. The molecule has 0 bridgehead atoms. The van der Waals surface area contributed by atoms with Crippen molar-refractivity contribution in [2.24, 2.45) is 11.7 Å². The molecule has 0 aliphatic heterocycles. The number of hydrogen-bond acceptors (Lipinski definition) is 1. The summed E-state index contributed by atoms with van der Waals surface area (Å²) in [6.45, 7) is 6.02. The Labute approximate surface area is 62.8 Å². The van der Waals surface area contributed by atoms with Gasteiger partial charge in [-0.15, -0.1) is 0 Å². The molecule has 0 saturated heterocycles. The number of hydrogen-bond donors (Lipinski definition) is 1. The second-order valence-electron chi connectivity index (χ2n) is 3.31. The summed E-state index contributed by atoms with van der Waals surface area (Å²) in [5.41, 5.74) is 4.17. The summed E-state index contributed by atoms with van der Waals surface area (Å²) in [7, 11) is 0. The number of nitrogens with two attached hydrogens (primary N) is 1. The van der Waals surface area contributed by atoms with E-state index in [9.17, 15) is 4.39 Å². The van der Waals surface area contributed by atoms with Gasteiger partial charge in [-0.2, -0.15) is 0 Å². The summed E-state index contributed by atoms with van der Waals surface area (Å²) in [4.78, 5) is 0. The van der Waals surface area contributed by atoms with E-state index < -0.39 is 5.67 Å². The molecule has 0 aliphatic rings. The predicted octanol–water partition coefficient (Wildman–Crippen LogP) is 2.11. The highest BCUT2D eigenvalue weighted by Gasteiger charge is 2.26. The van der Waals surface area contributed by atoms with E-state index in [2.05, 4.69) is 0 Å². The summed E-state index contributed by atoms with van der Waals surface area (Å²) in [6.07, 6.45) is 1.11. The molecule has 62 valence electrons. The lowest BCUT2D eigenvalue weighted by Gasteiger charge is -2.23. The maximum Gasteiger partial charge on any atom is 0.123 e. The lowest BCUT2D eigenvalue weighted by Crippen LogP contribution is -2.33. The topological polar surface area (TPSA) is 26.0 Å². The molecule has 0 saturated carbocycles. The maximum absolute atomic E-state index is 13.4. The van der Waals surface area contributed by atoms with E-state index in [0.29, 0.717) is 18.8 Å². The molecule has 0 aromatic carbocycles. The van der Waals surface area contributed by atoms with E-state index >= 15 is 0 Å². The molecular formula is C8H18FN. The van der Waals surface area contributed by atoms with Crippen molar-refractivity contribution < 1.29 is 4.39 Å². The fourth-order valence-corrected chi connectivity index (χ4v) is 1.10. The fraction of sp³-hybridized carbons (Fsp3) is 1.00. The molecule has 0 rings (SSSR count). The highest BCUT2D eigenvalue weighted by atomic mass is 19.1. The van der Waals surface area contributed by atoms with E-state index in [4.69, 9.17) is 5.73 Å². The van der Waals surface area contributed by atoms with E-state index in [1.807, 2.05) is 20.8 Å². The first-order valence-electron chi connectivity index (χ1n) is 3.93. The molecule has 0 fully saturated rings. The van der Waals surface area contributed by atoms with Gasteiger partial charge in [0.2, 0.25) is 0 Å². The third-order valence-electron chi connectivity index (χ3n) is 1.77. The standard InChI is InChI=1S/C8H18FN/c1-4-8(9,6-10)5-7(2)3/h7H,4-6,10H2,1-3H3. The molecule has 0 radical (unpaired) electrons. The highest BCUT2D eigenvalue weighted by molar-refractivity contribution is 4.79. The van der Waals surface area contributed by atoms with Crippen LogP contribution in [0.3, 0.4) is 0 Å². The van der Waals surface area contributed by atoms with Gasteiger partial charge in [-0.25, -0.2) is 4.39 Å². The zero-order chi connectivity index (χ0) is 8.20. The van der Waals surface area contributed by atoms with Crippen molar-refractivity contribution in [3.63, 3.8) is 0 Å². The van der Waals surface area contributed by atoms with Gasteiger partial charge >= 0.3 is 0 Å². The van der Waals surface area contributed by atoms with Crippen LogP contribution >= 0.6 is 0 Å². The van der Waals surface area contributed by atoms with E-state index in [1.165, 1.54) is 0 Å². The van der Waals surface area contributed by atoms with Crippen molar-refractivity contribution in [1.82, 2.24) is 0 Å². The van der Waals surface area contributed by atoms with Crippen LogP contribution in [-0.4, -0.2) is 12.2 Å². The first-order valence-corrected chi connectivity index (χ1v) is 3.93. The van der Waals surface area contributed by atoms with Gasteiger partial charge in [-0.3, -0.25) is 0 Å². The highest BCUT2D eigenvalue weighted by Crippen LogP contribution is 2.23. The fourth-order valence-electron chi connectivity index (χ4n) is 1.10. The van der Waals surface area contributed by atoms with Crippen LogP contribution in [0.25, 0.3) is 0 Å². The normalized spacial score (nSPS) is 17.4. The van der Waals surface area contributed by atoms with Crippen molar-refractivity contribution in [3.05, 3.63) is 0 Å². The first kappa shape index (κ1) is 9.89. The first-order chi connectivity index (χ1) is 4.54. The Morgan fingerprint density at radius 2 is 2.00 bits per heavy atom. The van der Waals surface area contributed by atoms with E-state index in [-0.39, 0.29) is 6.54 Å². The molecule has 1 nitrogen and oxygen atoms in total. The maximum atomic E-state index is 13.4. The van der Waals surface area contributed by atoms with Gasteiger partial charge in [-0.1, -0.05) is 20.8 Å². The SMILES string of the molecule is CCC(F)(CN)CC(C)C. The van der Waals surface area contributed by atoms with E-state index in [0.717, 1.165) is 0 Å². The van der Waals surface area contributed by atoms with Crippen molar-refractivity contribution >= 4 is 0 Å². The molecule has 2 heteroatoms. The molecule has 10 heavy (non-hydrogen) atoms. The van der Waals surface area contributed by atoms with Crippen LogP contribution in [0.15, 0.2) is 0 Å². The van der Waals surface area contributed by atoms with Gasteiger partial charge in [-0.05, 0) is 18.8 Å². The molecular weight excluding hydrogens is 129 g/mol. The van der Waals surface area contributed by atoms with Crippen LogP contribution in [0, 0.1) is 5.92 Å². The smallest absolute Gasteiger partial charge is 0.123 e. The van der Waals surface area contributed by atoms with Crippen LogP contribution in [0.1, 0.15) is 33.6 Å². The average Bonchev–Trinajstić information content (AvgIpc) is 1.87. The molecule has 1 unspecified atom stereocenters. The Bertz CT molecular complexity index is 87.3. The van der Waals surface area contributed by atoms with Gasteiger partial charge in [0, 0.05) is 6.54 Å². The lowest BCUT2D eigenvalue weighted by molar-refractivity contribution is 0.134. The molecule has 0 spiro atoms. The average molecular weight is 147 g/mol. The Kier molecular flexibility index (Phi) is 3.87. The molecule has 1 atom stereocenters. The van der Waals surface area contributed by atoms with Crippen molar-refractivity contribution in [1.29, 1.82) is 0 Å². The lowest BCUT2D eigenvalue weighted by atomic mass is 9.92. The van der Waals surface area contributed by atoms with Crippen molar-refractivity contribution in [2.45, 2.75) is 39.3 Å². The van der Waals surface area contributed by atoms with Gasteiger partial charge in [0.05, 0.1) is 0 Å². The third-order valence-corrected chi connectivity index (χ3v) is 1.77. The second kappa shape index (κ2) is 3.91. The Morgan fingerprint density at radius 3 is 2.10 bits per heavy atom. The van der Waals surface area contributed by atoms with Crippen LogP contribution in [0.5, 0.6) is 0 Å². The molecule has 0 aliphatic carbocycles. The summed E-state index contributed by atoms with van der Waals surface area (Å²) in [5, 5.41) is 0. The minimum atomic E-state index is -1.12. The summed E-state index contributed by atoms with van der Waals surface area (Å²) in [5.74, 6) is 0.397. The number of alkyl halides is 1.